The van der Waals surface area contributed by atoms with E-state index in [4.69, 9.17) is 4.74 Å². The van der Waals surface area contributed by atoms with Gasteiger partial charge in [0, 0.05) is 16.8 Å². The number of nitrogens with one attached hydrogen (secondary N) is 1. The van der Waals surface area contributed by atoms with E-state index >= 15 is 0 Å². The lowest BCUT2D eigenvalue weighted by molar-refractivity contribution is 0.0996. The molecule has 7 heteroatoms. The van der Waals surface area contributed by atoms with Crippen LogP contribution in [0.5, 0.6) is 5.75 Å². The number of hydrogen-bond donors (Lipinski definition) is 1. The number of ketones is 1. The summed E-state index contributed by atoms with van der Waals surface area (Å²) >= 11 is 0.701. The van der Waals surface area contributed by atoms with Gasteiger partial charge >= 0.3 is 0 Å². The molecule has 0 bridgehead atoms. The van der Waals surface area contributed by atoms with E-state index < -0.39 is 11.3 Å². The highest BCUT2D eigenvalue weighted by Gasteiger charge is 2.14. The van der Waals surface area contributed by atoms with Crippen molar-refractivity contribution >= 4 is 38.7 Å². The Balaban J connectivity index is 3.12. The molecule has 94 valence electrons. The average Bonchev–Trinajstić information content (AvgIpc) is 2.27. The highest BCUT2D eigenvalue weighted by Crippen LogP contribution is 2.26. The molecule has 1 aromatic rings. The Kier molecular flexibility index (Phi) is 5.10. The van der Waals surface area contributed by atoms with Crippen molar-refractivity contribution in [2.45, 2.75) is 11.8 Å². The summed E-state index contributed by atoms with van der Waals surface area (Å²) < 4.78 is 28.3. The molecular weight excluding hydrogens is 310 g/mol. The Labute approximate surface area is 110 Å². The first-order chi connectivity index (χ1) is 7.95. The van der Waals surface area contributed by atoms with E-state index in [0.29, 0.717) is 11.3 Å². The Morgan fingerprint density at radius 1 is 1.59 bits per heavy atom. The molecule has 5 nitrogen and oxygen atoms in total. The number of rotatable bonds is 5. The molecule has 0 radical (unpaired) electrons. The van der Waals surface area contributed by atoms with E-state index in [1.165, 1.54) is 19.2 Å². The smallest absolute Gasteiger partial charge is 0.176 e. The molecule has 0 aliphatic heterocycles. The molecule has 0 saturated heterocycles. The Morgan fingerprint density at radius 3 is 2.71 bits per heavy atom. The predicted octanol–water partition coefficient (Wildman–Crippen LogP) is 1.87. The van der Waals surface area contributed by atoms with Crippen LogP contribution in [0, 0.1) is 0 Å². The van der Waals surface area contributed by atoms with Crippen LogP contribution >= 0.6 is 15.9 Å². The molecule has 1 aromatic carbocycles. The van der Waals surface area contributed by atoms with Crippen LogP contribution in [-0.4, -0.2) is 26.5 Å². The van der Waals surface area contributed by atoms with Crippen molar-refractivity contribution in [2.75, 3.05) is 11.8 Å². The van der Waals surface area contributed by atoms with Gasteiger partial charge in [0.1, 0.15) is 5.75 Å². The highest BCUT2D eigenvalue weighted by atomic mass is 79.9. The van der Waals surface area contributed by atoms with Gasteiger partial charge in [-0.2, -0.15) is 0 Å². The average molecular weight is 321 g/mol. The Morgan fingerprint density at radius 2 is 2.24 bits per heavy atom. The van der Waals surface area contributed by atoms with Gasteiger partial charge in [0.05, 0.1) is 17.6 Å². The number of hydrogen-bond acceptors (Lipinski definition) is 4. The van der Waals surface area contributed by atoms with Gasteiger partial charge in [0.15, 0.2) is 5.78 Å². The van der Waals surface area contributed by atoms with Gasteiger partial charge in [-0.3, -0.25) is 9.00 Å². The van der Waals surface area contributed by atoms with Crippen LogP contribution < -0.4 is 9.46 Å². The monoisotopic (exact) mass is 320 g/mol. The maximum atomic E-state index is 11.7. The second-order valence-electron chi connectivity index (χ2n) is 3.23. The number of carbonyl (C=O) groups is 1. The van der Waals surface area contributed by atoms with Crippen LogP contribution in [0.15, 0.2) is 18.2 Å². The van der Waals surface area contributed by atoms with Crippen molar-refractivity contribution in [3.05, 3.63) is 23.8 Å². The summed E-state index contributed by atoms with van der Waals surface area (Å²) in [6.45, 7) is 1.70. The first-order valence-electron chi connectivity index (χ1n) is 4.68. The fourth-order valence-corrected chi connectivity index (χ4v) is 1.86. The number of carbonyl (C=O) groups excluding carboxylic acids is 1. The lowest BCUT2D eigenvalue weighted by Crippen LogP contribution is -2.11. The van der Waals surface area contributed by atoms with Gasteiger partial charge in [-0.15, -0.1) is 0 Å². The topological polar surface area (TPSA) is 78.5 Å². The molecule has 17 heavy (non-hydrogen) atoms. The Bertz CT molecular complexity index is 450. The number of Topliss-reactive ketones (excluding diaryl/α,β-unsaturated/α-hetero) is 1. The summed E-state index contributed by atoms with van der Waals surface area (Å²) in [5.74, 6) is 0.223. The maximum absolute atomic E-state index is 11.7. The summed E-state index contributed by atoms with van der Waals surface area (Å²) in [5, 5.41) is 0. The molecule has 1 rings (SSSR count). The van der Waals surface area contributed by atoms with Crippen LogP contribution in [0.2, 0.25) is 0 Å². The first-order valence-corrected chi connectivity index (χ1v) is 6.67. The number of halogens is 1. The van der Waals surface area contributed by atoms with Crippen LogP contribution in [-0.2, 0) is 11.3 Å². The SMILES string of the molecule is COc1ccc(C(=O)C(C)Br)cc1NS(=O)[O-]. The first kappa shape index (κ1) is 14.1. The molecule has 2 atom stereocenters. The molecule has 1 N–H and O–H groups in total. The zero-order valence-electron chi connectivity index (χ0n) is 9.23. The third kappa shape index (κ3) is 3.79. The molecule has 0 saturated carbocycles. The summed E-state index contributed by atoms with van der Waals surface area (Å²) in [6.07, 6.45) is 0. The largest absolute Gasteiger partial charge is 0.755 e. The van der Waals surface area contributed by atoms with Crippen molar-refractivity contribution in [1.82, 2.24) is 0 Å². The summed E-state index contributed by atoms with van der Waals surface area (Å²) in [7, 11) is 1.42. The normalized spacial score (nSPS) is 13.9. The molecule has 0 spiro atoms. The van der Waals surface area contributed by atoms with Crippen molar-refractivity contribution < 1.29 is 18.3 Å². The summed E-state index contributed by atoms with van der Waals surface area (Å²) in [6, 6.07) is 4.56. The van der Waals surface area contributed by atoms with Crippen LogP contribution in [0.4, 0.5) is 5.69 Å². The fourth-order valence-electron chi connectivity index (χ4n) is 1.26. The quantitative estimate of drug-likeness (QED) is 0.510. The van der Waals surface area contributed by atoms with Gasteiger partial charge in [-0.05, 0) is 25.1 Å². The van der Waals surface area contributed by atoms with Crippen LogP contribution in [0.25, 0.3) is 0 Å². The van der Waals surface area contributed by atoms with E-state index in [1.807, 2.05) is 0 Å². The van der Waals surface area contributed by atoms with E-state index in [0.717, 1.165) is 0 Å². The second kappa shape index (κ2) is 6.13. The van der Waals surface area contributed by atoms with Crippen molar-refractivity contribution in [2.24, 2.45) is 0 Å². The standard InChI is InChI=1S/C10H12BrNO4S/c1-6(11)10(13)7-3-4-9(16-2)8(5-7)12-17(14)15/h3-6,12H,1-2H3,(H,14,15)/p-1. The zero-order valence-corrected chi connectivity index (χ0v) is 11.6. The summed E-state index contributed by atoms with van der Waals surface area (Å²) in [5.41, 5.74) is 0.642. The van der Waals surface area contributed by atoms with Crippen molar-refractivity contribution in [3.63, 3.8) is 0 Å². The van der Waals surface area contributed by atoms with Crippen LogP contribution in [0.3, 0.4) is 0 Å². The molecule has 0 fully saturated rings. The minimum Gasteiger partial charge on any atom is -0.755 e. The molecule has 0 amide bonds. The molecule has 2 unspecified atom stereocenters. The number of alkyl halides is 1. The third-order valence-electron chi connectivity index (χ3n) is 2.04. The summed E-state index contributed by atoms with van der Waals surface area (Å²) in [4.78, 5) is 11.4. The fraction of sp³-hybridized carbons (Fsp3) is 0.300. The zero-order chi connectivity index (χ0) is 13.0. The number of anilines is 1. The van der Waals surface area contributed by atoms with Crippen molar-refractivity contribution in [3.8, 4) is 5.75 Å². The highest BCUT2D eigenvalue weighted by molar-refractivity contribution is 9.10. The Hall–Kier alpha value is -0.920. The number of ether oxygens (including phenoxy) is 1. The maximum Gasteiger partial charge on any atom is 0.176 e. The predicted molar refractivity (Wildman–Crippen MR) is 68.3 cm³/mol. The van der Waals surface area contributed by atoms with E-state index in [2.05, 4.69) is 20.7 Å². The minimum absolute atomic E-state index is 0.132. The molecule has 0 heterocycles. The molecule has 0 aromatic heterocycles. The van der Waals surface area contributed by atoms with E-state index in [9.17, 15) is 13.6 Å². The van der Waals surface area contributed by atoms with E-state index in [1.54, 1.807) is 13.0 Å². The van der Waals surface area contributed by atoms with Gasteiger partial charge in [-0.25, -0.2) is 0 Å². The van der Waals surface area contributed by atoms with Gasteiger partial charge in [0.25, 0.3) is 0 Å². The van der Waals surface area contributed by atoms with Gasteiger partial charge in [0.2, 0.25) is 0 Å². The molecular formula is C10H11BrNO4S-. The number of methoxy groups -OCH3 is 1. The second-order valence-corrected chi connectivity index (χ2v) is 5.28. The van der Waals surface area contributed by atoms with E-state index in [-0.39, 0.29) is 16.3 Å². The van der Waals surface area contributed by atoms with Gasteiger partial charge < -0.3 is 14.0 Å². The molecule has 0 aliphatic rings. The minimum atomic E-state index is -2.46. The lowest BCUT2D eigenvalue weighted by atomic mass is 10.1. The third-order valence-corrected chi connectivity index (χ3v) is 2.84. The number of benzene rings is 1. The van der Waals surface area contributed by atoms with Crippen molar-refractivity contribution in [1.29, 1.82) is 0 Å². The lowest BCUT2D eigenvalue weighted by Gasteiger charge is -2.14. The van der Waals surface area contributed by atoms with Gasteiger partial charge in [-0.1, -0.05) is 15.9 Å². The van der Waals surface area contributed by atoms with Crippen LogP contribution in [0.1, 0.15) is 17.3 Å². The molecule has 0 aliphatic carbocycles.